The van der Waals surface area contributed by atoms with Crippen LogP contribution in [0.2, 0.25) is 5.02 Å². The van der Waals surface area contributed by atoms with E-state index in [0.29, 0.717) is 16.2 Å². The first-order chi connectivity index (χ1) is 12.5. The molecule has 1 fully saturated rings. The summed E-state index contributed by atoms with van der Waals surface area (Å²) in [5.41, 5.74) is 2.22. The molecule has 4 rings (SSSR count). The van der Waals surface area contributed by atoms with Gasteiger partial charge in [-0.25, -0.2) is 4.98 Å². The van der Waals surface area contributed by atoms with Gasteiger partial charge in [-0.15, -0.1) is 0 Å². The SMILES string of the molecule is Cc1ccnc2c1ccn2[C@@H]1O[C@H]([C@H](O)c2cccc(Cl)c2)[C@@H](O)[C@H]1O. The molecule has 3 N–H and O–H groups in total. The van der Waals surface area contributed by atoms with E-state index < -0.39 is 30.6 Å². The average Bonchev–Trinajstić information content (AvgIpc) is 3.18. The second-order valence-corrected chi connectivity index (χ2v) is 7.00. The van der Waals surface area contributed by atoms with Crippen LogP contribution in [0.5, 0.6) is 0 Å². The maximum Gasteiger partial charge on any atom is 0.164 e. The monoisotopic (exact) mass is 374 g/mol. The van der Waals surface area contributed by atoms with Crippen LogP contribution in [-0.4, -0.2) is 43.2 Å². The van der Waals surface area contributed by atoms with Gasteiger partial charge in [0.2, 0.25) is 0 Å². The summed E-state index contributed by atoms with van der Waals surface area (Å²) in [4.78, 5) is 4.36. The summed E-state index contributed by atoms with van der Waals surface area (Å²) in [6.07, 6.45) is -1.97. The lowest BCUT2D eigenvalue weighted by Gasteiger charge is -2.21. The lowest BCUT2D eigenvalue weighted by Crippen LogP contribution is -2.34. The topological polar surface area (TPSA) is 87.7 Å². The second-order valence-electron chi connectivity index (χ2n) is 6.56. The number of hydrogen-bond donors (Lipinski definition) is 3. The van der Waals surface area contributed by atoms with Gasteiger partial charge in [0.25, 0.3) is 0 Å². The van der Waals surface area contributed by atoms with Gasteiger partial charge in [0.1, 0.15) is 30.1 Å². The number of hydrogen-bond acceptors (Lipinski definition) is 5. The Morgan fingerprint density at radius 1 is 1.19 bits per heavy atom. The molecule has 1 aliphatic rings. The Balaban J connectivity index is 1.66. The van der Waals surface area contributed by atoms with E-state index in [1.165, 1.54) is 0 Å². The predicted octanol–water partition coefficient (Wildman–Crippen LogP) is 2.35. The standard InChI is InChI=1S/C19H19ClN2O4/c1-10-5-7-21-18-13(10)6-8-22(18)19-16(25)15(24)17(26-19)14(23)11-3-2-4-12(20)9-11/h2-9,14-17,19,23-25H,1H3/t14-,15+,16-,17-,19-/m1/s1. The summed E-state index contributed by atoms with van der Waals surface area (Å²) in [6, 6.07) is 10.5. The van der Waals surface area contributed by atoms with E-state index in [9.17, 15) is 15.3 Å². The van der Waals surface area contributed by atoms with E-state index in [1.54, 1.807) is 41.2 Å². The van der Waals surface area contributed by atoms with Crippen molar-refractivity contribution in [1.82, 2.24) is 9.55 Å². The minimum Gasteiger partial charge on any atom is -0.387 e. The van der Waals surface area contributed by atoms with E-state index in [2.05, 4.69) is 4.98 Å². The van der Waals surface area contributed by atoms with Crippen LogP contribution in [0.1, 0.15) is 23.5 Å². The van der Waals surface area contributed by atoms with Crippen molar-refractivity contribution < 1.29 is 20.1 Å². The van der Waals surface area contributed by atoms with Crippen molar-refractivity contribution >= 4 is 22.6 Å². The number of ether oxygens (including phenoxy) is 1. The fraction of sp³-hybridized carbons (Fsp3) is 0.316. The van der Waals surface area contributed by atoms with Crippen molar-refractivity contribution in [2.45, 2.75) is 37.6 Å². The van der Waals surface area contributed by atoms with Gasteiger partial charge in [0.05, 0.1) is 0 Å². The quantitative estimate of drug-likeness (QED) is 0.655. The Bertz CT molecular complexity index is 944. The van der Waals surface area contributed by atoms with E-state index in [-0.39, 0.29) is 0 Å². The molecular weight excluding hydrogens is 356 g/mol. The van der Waals surface area contributed by atoms with Gasteiger partial charge in [-0.3, -0.25) is 0 Å². The first-order valence-electron chi connectivity index (χ1n) is 8.34. The maximum absolute atomic E-state index is 10.6. The number of aryl methyl sites for hydroxylation is 1. The molecule has 0 amide bonds. The van der Waals surface area contributed by atoms with Gasteiger partial charge >= 0.3 is 0 Å². The molecule has 0 bridgehead atoms. The predicted molar refractivity (Wildman–Crippen MR) is 96.8 cm³/mol. The summed E-state index contributed by atoms with van der Waals surface area (Å²) in [6.45, 7) is 1.97. The number of benzene rings is 1. The largest absolute Gasteiger partial charge is 0.387 e. The number of nitrogens with zero attached hydrogens (tertiary/aromatic N) is 2. The van der Waals surface area contributed by atoms with Crippen LogP contribution in [0.4, 0.5) is 0 Å². The molecule has 5 atom stereocenters. The normalized spacial score (nSPS) is 27.1. The van der Waals surface area contributed by atoms with Crippen molar-refractivity contribution in [2.75, 3.05) is 0 Å². The molecule has 1 aliphatic heterocycles. The van der Waals surface area contributed by atoms with Crippen molar-refractivity contribution in [3.05, 3.63) is 64.9 Å². The summed E-state index contributed by atoms with van der Waals surface area (Å²) < 4.78 is 7.55. The zero-order chi connectivity index (χ0) is 18.4. The molecule has 7 heteroatoms. The Morgan fingerprint density at radius 3 is 2.77 bits per heavy atom. The number of aliphatic hydroxyl groups excluding tert-OH is 3. The molecule has 0 aliphatic carbocycles. The molecule has 3 heterocycles. The molecule has 0 radical (unpaired) electrons. The first kappa shape index (κ1) is 17.5. The lowest BCUT2D eigenvalue weighted by atomic mass is 9.99. The smallest absolute Gasteiger partial charge is 0.164 e. The van der Waals surface area contributed by atoms with Gasteiger partial charge in [-0.2, -0.15) is 0 Å². The molecule has 0 unspecified atom stereocenters. The van der Waals surface area contributed by atoms with Gasteiger partial charge in [0.15, 0.2) is 6.23 Å². The minimum absolute atomic E-state index is 0.474. The first-order valence-corrected chi connectivity index (χ1v) is 8.72. The summed E-state index contributed by atoms with van der Waals surface area (Å²) in [5.74, 6) is 0. The highest BCUT2D eigenvalue weighted by molar-refractivity contribution is 6.30. The Morgan fingerprint density at radius 2 is 2.00 bits per heavy atom. The Labute approximate surface area is 155 Å². The highest BCUT2D eigenvalue weighted by Crippen LogP contribution is 2.38. The molecule has 136 valence electrons. The lowest BCUT2D eigenvalue weighted by molar-refractivity contribution is -0.0848. The highest BCUT2D eigenvalue weighted by Gasteiger charge is 2.47. The van der Waals surface area contributed by atoms with Gasteiger partial charge in [-0.1, -0.05) is 23.7 Å². The van der Waals surface area contributed by atoms with E-state index >= 15 is 0 Å². The fourth-order valence-electron chi connectivity index (χ4n) is 3.45. The zero-order valence-electron chi connectivity index (χ0n) is 14.0. The van der Waals surface area contributed by atoms with Crippen LogP contribution < -0.4 is 0 Å². The molecule has 6 nitrogen and oxygen atoms in total. The van der Waals surface area contributed by atoms with Gasteiger partial charge in [0, 0.05) is 22.8 Å². The number of rotatable bonds is 3. The van der Waals surface area contributed by atoms with Gasteiger partial charge < -0.3 is 24.6 Å². The average molecular weight is 375 g/mol. The third kappa shape index (κ3) is 2.80. The van der Waals surface area contributed by atoms with Crippen LogP contribution in [0.3, 0.4) is 0 Å². The minimum atomic E-state index is -1.25. The molecule has 1 saturated heterocycles. The van der Waals surface area contributed by atoms with E-state index in [0.717, 1.165) is 10.9 Å². The molecule has 26 heavy (non-hydrogen) atoms. The van der Waals surface area contributed by atoms with Crippen LogP contribution in [0, 0.1) is 6.92 Å². The Kier molecular flexibility index (Phi) is 4.46. The molecule has 0 spiro atoms. The summed E-state index contributed by atoms with van der Waals surface area (Å²) >= 11 is 5.97. The summed E-state index contributed by atoms with van der Waals surface area (Å²) in [5, 5.41) is 33.0. The van der Waals surface area contributed by atoms with Crippen LogP contribution in [0.25, 0.3) is 11.0 Å². The zero-order valence-corrected chi connectivity index (χ0v) is 14.8. The van der Waals surface area contributed by atoms with E-state index in [4.69, 9.17) is 16.3 Å². The van der Waals surface area contributed by atoms with Crippen molar-refractivity contribution in [1.29, 1.82) is 0 Å². The molecule has 1 aromatic carbocycles. The van der Waals surface area contributed by atoms with Crippen molar-refractivity contribution in [3.8, 4) is 0 Å². The summed E-state index contributed by atoms with van der Waals surface area (Å²) in [7, 11) is 0. The third-order valence-corrected chi connectivity index (χ3v) is 5.12. The number of aliphatic hydroxyl groups is 3. The van der Waals surface area contributed by atoms with E-state index in [1.807, 2.05) is 19.1 Å². The van der Waals surface area contributed by atoms with Crippen LogP contribution >= 0.6 is 11.6 Å². The number of fused-ring (bicyclic) bond motifs is 1. The highest BCUT2D eigenvalue weighted by atomic mass is 35.5. The molecule has 2 aromatic heterocycles. The number of pyridine rings is 1. The van der Waals surface area contributed by atoms with Crippen molar-refractivity contribution in [2.24, 2.45) is 0 Å². The number of aromatic nitrogens is 2. The Hall–Kier alpha value is -1.96. The number of halogens is 1. The van der Waals surface area contributed by atoms with Gasteiger partial charge in [-0.05, 0) is 42.3 Å². The molecule has 3 aromatic rings. The molecular formula is C19H19ClN2O4. The third-order valence-electron chi connectivity index (χ3n) is 4.88. The second kappa shape index (κ2) is 6.64. The van der Waals surface area contributed by atoms with Crippen molar-refractivity contribution in [3.63, 3.8) is 0 Å². The fourth-order valence-corrected chi connectivity index (χ4v) is 3.65. The maximum atomic E-state index is 10.6. The van der Waals surface area contributed by atoms with Crippen LogP contribution in [-0.2, 0) is 4.74 Å². The van der Waals surface area contributed by atoms with Crippen LogP contribution in [0.15, 0.2) is 48.8 Å². The molecule has 0 saturated carbocycles.